The van der Waals surface area contributed by atoms with Crippen LogP contribution in [-0.4, -0.2) is 38.2 Å². The molecule has 0 radical (unpaired) electrons. The Bertz CT molecular complexity index is 1160. The lowest BCUT2D eigenvalue weighted by Gasteiger charge is -2.16. The molecule has 1 aromatic heterocycles. The molecule has 1 heterocycles. The predicted octanol–water partition coefficient (Wildman–Crippen LogP) is 3.88. The van der Waals surface area contributed by atoms with E-state index in [0.717, 1.165) is 18.2 Å². The summed E-state index contributed by atoms with van der Waals surface area (Å²) in [5.41, 5.74) is 0.509. The molecule has 2 aromatic carbocycles. The summed E-state index contributed by atoms with van der Waals surface area (Å²) in [6.07, 6.45) is -3.31. The lowest BCUT2D eigenvalue weighted by Crippen LogP contribution is -2.20. The fourth-order valence-corrected chi connectivity index (χ4v) is 3.36. The number of hydrogen-bond acceptors (Lipinski definition) is 6. The zero-order valence-electron chi connectivity index (χ0n) is 14.8. The zero-order valence-corrected chi connectivity index (χ0v) is 16.4. The van der Waals surface area contributed by atoms with Crippen LogP contribution in [0.2, 0.25) is 5.02 Å². The Morgan fingerprint density at radius 3 is 2.59 bits per heavy atom. The molecule has 0 atom stereocenters. The topological polar surface area (TPSA) is 93.2 Å². The first kappa shape index (κ1) is 21.1. The lowest BCUT2D eigenvalue weighted by molar-refractivity contribution is -0.153. The fourth-order valence-electron chi connectivity index (χ4n) is 2.43. The van der Waals surface area contributed by atoms with Crippen molar-refractivity contribution < 1.29 is 26.3 Å². The van der Waals surface area contributed by atoms with Gasteiger partial charge < -0.3 is 10.1 Å². The van der Waals surface area contributed by atoms with Gasteiger partial charge in [-0.2, -0.15) is 13.2 Å². The van der Waals surface area contributed by atoms with Crippen molar-refractivity contribution in [2.45, 2.75) is 11.1 Å². The number of nitrogens with one attached hydrogen (secondary N) is 2. The van der Waals surface area contributed by atoms with E-state index >= 15 is 0 Å². The van der Waals surface area contributed by atoms with Crippen molar-refractivity contribution in [1.29, 1.82) is 0 Å². The molecule has 0 bridgehead atoms. The minimum absolute atomic E-state index is 0.0226. The first-order valence-corrected chi connectivity index (χ1v) is 9.89. The quantitative estimate of drug-likeness (QED) is 0.597. The van der Waals surface area contributed by atoms with Gasteiger partial charge in [0.1, 0.15) is 17.9 Å². The molecule has 0 unspecified atom stereocenters. The predicted molar refractivity (Wildman–Crippen MR) is 102 cm³/mol. The van der Waals surface area contributed by atoms with Gasteiger partial charge in [-0.3, -0.25) is 0 Å². The van der Waals surface area contributed by atoms with Crippen molar-refractivity contribution in [3.63, 3.8) is 0 Å². The Morgan fingerprint density at radius 2 is 1.90 bits per heavy atom. The Labute approximate surface area is 168 Å². The Balaban J connectivity index is 2.08. The van der Waals surface area contributed by atoms with Crippen LogP contribution in [-0.2, 0) is 10.0 Å². The maximum absolute atomic E-state index is 12.6. The molecular weight excluding hydrogens is 433 g/mol. The molecule has 0 amide bonds. The second-order valence-electron chi connectivity index (χ2n) is 5.78. The molecular formula is C17H14ClF3N4O3S. The normalized spacial score (nSPS) is 12.2. The number of alkyl halides is 3. The number of aromatic nitrogens is 2. The molecule has 3 aromatic rings. The third-order valence-electron chi connectivity index (χ3n) is 3.77. The van der Waals surface area contributed by atoms with Gasteiger partial charge in [-0.25, -0.2) is 23.1 Å². The molecule has 29 heavy (non-hydrogen) atoms. The van der Waals surface area contributed by atoms with Crippen molar-refractivity contribution in [2.75, 3.05) is 19.0 Å². The largest absolute Gasteiger partial charge is 0.482 e. The van der Waals surface area contributed by atoms with Gasteiger partial charge in [0.15, 0.2) is 6.61 Å². The molecule has 12 heteroatoms. The van der Waals surface area contributed by atoms with Crippen molar-refractivity contribution in [3.05, 3.63) is 47.7 Å². The molecule has 0 saturated heterocycles. The van der Waals surface area contributed by atoms with E-state index in [1.807, 2.05) is 0 Å². The summed E-state index contributed by atoms with van der Waals surface area (Å²) in [6.45, 7) is -1.55. The number of nitrogens with zero attached hydrogens (tertiary/aromatic N) is 2. The Kier molecular flexibility index (Phi) is 5.82. The van der Waals surface area contributed by atoms with Crippen LogP contribution in [0.25, 0.3) is 10.9 Å². The summed E-state index contributed by atoms with van der Waals surface area (Å²) in [7, 11) is -2.63. The minimum Gasteiger partial charge on any atom is -0.482 e. The van der Waals surface area contributed by atoms with E-state index in [-0.39, 0.29) is 22.2 Å². The van der Waals surface area contributed by atoms with Gasteiger partial charge in [-0.15, -0.1) is 0 Å². The summed E-state index contributed by atoms with van der Waals surface area (Å²) >= 11 is 6.01. The Morgan fingerprint density at radius 1 is 1.14 bits per heavy atom. The summed E-state index contributed by atoms with van der Waals surface area (Å²) in [4.78, 5) is 8.00. The number of ether oxygens (including phenoxy) is 1. The SMILES string of the molecule is CNS(=O)(=O)c1ccc(OCC(F)(F)F)c(Nc2ncnc3ccc(Cl)cc23)c1. The van der Waals surface area contributed by atoms with E-state index in [1.54, 1.807) is 18.2 Å². The monoisotopic (exact) mass is 446 g/mol. The van der Waals surface area contributed by atoms with E-state index in [9.17, 15) is 21.6 Å². The number of halogens is 4. The number of rotatable bonds is 6. The molecule has 0 spiro atoms. The van der Waals surface area contributed by atoms with Gasteiger partial charge in [0.2, 0.25) is 10.0 Å². The molecule has 3 rings (SSSR count). The van der Waals surface area contributed by atoms with Crippen LogP contribution in [0.4, 0.5) is 24.7 Å². The van der Waals surface area contributed by atoms with Gasteiger partial charge in [0.05, 0.1) is 16.1 Å². The molecule has 0 aliphatic carbocycles. The van der Waals surface area contributed by atoms with Crippen LogP contribution in [0.5, 0.6) is 5.75 Å². The van der Waals surface area contributed by atoms with Crippen molar-refractivity contribution >= 4 is 44.0 Å². The molecule has 154 valence electrons. The summed E-state index contributed by atoms with van der Waals surface area (Å²) in [5, 5.41) is 3.71. The van der Waals surface area contributed by atoms with Crippen LogP contribution in [0.3, 0.4) is 0 Å². The van der Waals surface area contributed by atoms with E-state index in [2.05, 4.69) is 20.0 Å². The molecule has 2 N–H and O–H groups in total. The van der Waals surface area contributed by atoms with Crippen molar-refractivity contribution in [2.24, 2.45) is 0 Å². The molecule has 7 nitrogen and oxygen atoms in total. The smallest absolute Gasteiger partial charge is 0.422 e. The van der Waals surface area contributed by atoms with E-state index in [1.165, 1.54) is 13.4 Å². The van der Waals surface area contributed by atoms with E-state index < -0.39 is 22.8 Å². The van der Waals surface area contributed by atoms with Gasteiger partial charge in [0, 0.05) is 10.4 Å². The highest BCUT2D eigenvalue weighted by Crippen LogP contribution is 2.33. The maximum atomic E-state index is 12.6. The van der Waals surface area contributed by atoms with E-state index in [4.69, 9.17) is 16.3 Å². The highest BCUT2D eigenvalue weighted by Gasteiger charge is 2.29. The molecule has 0 fully saturated rings. The minimum atomic E-state index is -4.57. The van der Waals surface area contributed by atoms with Gasteiger partial charge in [-0.1, -0.05) is 11.6 Å². The first-order valence-electron chi connectivity index (χ1n) is 8.03. The zero-order chi connectivity index (χ0) is 21.2. The maximum Gasteiger partial charge on any atom is 0.422 e. The van der Waals surface area contributed by atoms with Crippen LogP contribution in [0.15, 0.2) is 47.6 Å². The average Bonchev–Trinajstić information content (AvgIpc) is 2.66. The number of sulfonamides is 1. The molecule has 0 saturated carbocycles. The van der Waals surface area contributed by atoms with E-state index in [0.29, 0.717) is 15.9 Å². The Hall–Kier alpha value is -2.63. The van der Waals surface area contributed by atoms with Crippen LogP contribution < -0.4 is 14.8 Å². The number of hydrogen-bond donors (Lipinski definition) is 2. The third-order valence-corrected chi connectivity index (χ3v) is 5.42. The van der Waals surface area contributed by atoms with Gasteiger partial charge in [0.25, 0.3) is 0 Å². The van der Waals surface area contributed by atoms with Crippen LogP contribution >= 0.6 is 11.6 Å². The second-order valence-corrected chi connectivity index (χ2v) is 8.10. The van der Waals surface area contributed by atoms with Gasteiger partial charge in [-0.05, 0) is 43.4 Å². The molecule has 0 aliphatic heterocycles. The van der Waals surface area contributed by atoms with Crippen LogP contribution in [0.1, 0.15) is 0 Å². The summed E-state index contributed by atoms with van der Waals surface area (Å²) in [6, 6.07) is 8.26. The summed E-state index contributed by atoms with van der Waals surface area (Å²) < 4.78 is 68.9. The number of anilines is 2. The lowest BCUT2D eigenvalue weighted by atomic mass is 10.2. The summed E-state index contributed by atoms with van der Waals surface area (Å²) in [5.74, 6) is 0.0135. The third kappa shape index (κ3) is 5.05. The number of benzene rings is 2. The molecule has 0 aliphatic rings. The van der Waals surface area contributed by atoms with Crippen LogP contribution in [0, 0.1) is 0 Å². The average molecular weight is 447 g/mol. The standard InChI is InChI=1S/C17H14ClF3N4O3S/c1-22-29(26,27)11-3-5-15(28-8-17(19,20)21)14(7-11)25-16-12-6-10(18)2-4-13(12)23-9-24-16/h2-7,9,22H,8H2,1H3,(H,23,24,25). The fraction of sp³-hybridized carbons (Fsp3) is 0.176. The highest BCUT2D eigenvalue weighted by atomic mass is 35.5. The first-order chi connectivity index (χ1) is 13.6. The number of fused-ring (bicyclic) bond motifs is 1. The van der Waals surface area contributed by atoms with Gasteiger partial charge >= 0.3 is 6.18 Å². The second kappa shape index (κ2) is 8.01. The van der Waals surface area contributed by atoms with Crippen molar-refractivity contribution in [1.82, 2.24) is 14.7 Å². The highest BCUT2D eigenvalue weighted by molar-refractivity contribution is 7.89. The van der Waals surface area contributed by atoms with Crippen molar-refractivity contribution in [3.8, 4) is 5.75 Å².